The van der Waals surface area contributed by atoms with E-state index in [1.807, 2.05) is 0 Å². The molecule has 0 saturated carbocycles. The first kappa shape index (κ1) is 8.30. The number of H-pyrrole nitrogens is 1. The largest absolute Gasteiger partial charge is 0.345 e. The first-order valence-electron chi connectivity index (χ1n) is 4.66. The van der Waals surface area contributed by atoms with Crippen LogP contribution >= 0.6 is 0 Å². The molecule has 2 rings (SSSR count). The standard InChI is InChI=1S/C11H14N2/c1-4-9-8(3)7(2)5-10-11(9)13-6-12-10/h5-6H,4H2,1-3H3,(H,12,13). The zero-order valence-electron chi connectivity index (χ0n) is 8.31. The topological polar surface area (TPSA) is 28.7 Å². The summed E-state index contributed by atoms with van der Waals surface area (Å²) in [5.41, 5.74) is 6.37. The molecule has 0 aliphatic carbocycles. The van der Waals surface area contributed by atoms with E-state index in [4.69, 9.17) is 0 Å². The van der Waals surface area contributed by atoms with Gasteiger partial charge in [-0.2, -0.15) is 0 Å². The molecule has 0 aliphatic heterocycles. The minimum atomic E-state index is 1.05. The zero-order chi connectivity index (χ0) is 9.42. The van der Waals surface area contributed by atoms with Crippen LogP contribution in [-0.4, -0.2) is 9.97 Å². The first-order chi connectivity index (χ1) is 6.24. The lowest BCUT2D eigenvalue weighted by molar-refractivity contribution is 1.11. The normalized spacial score (nSPS) is 11.0. The Morgan fingerprint density at radius 1 is 1.38 bits per heavy atom. The van der Waals surface area contributed by atoms with Crippen LogP contribution in [-0.2, 0) is 6.42 Å². The van der Waals surface area contributed by atoms with Crippen molar-refractivity contribution in [3.05, 3.63) is 29.1 Å². The number of aromatic amines is 1. The SMILES string of the molecule is CCc1c(C)c(C)cc2[nH]cnc12. The van der Waals surface area contributed by atoms with Gasteiger partial charge in [0.1, 0.15) is 0 Å². The Kier molecular flexibility index (Phi) is 1.83. The lowest BCUT2D eigenvalue weighted by Gasteiger charge is -2.07. The molecule has 0 spiro atoms. The molecule has 0 radical (unpaired) electrons. The zero-order valence-corrected chi connectivity index (χ0v) is 8.31. The summed E-state index contributed by atoms with van der Waals surface area (Å²) >= 11 is 0. The monoisotopic (exact) mass is 174 g/mol. The van der Waals surface area contributed by atoms with Crippen LogP contribution in [0.5, 0.6) is 0 Å². The molecule has 1 aromatic heterocycles. The number of imidazole rings is 1. The maximum absolute atomic E-state index is 4.34. The maximum Gasteiger partial charge on any atom is 0.0931 e. The molecule has 1 aromatic carbocycles. The Bertz CT molecular complexity index is 441. The molecular formula is C11H14N2. The van der Waals surface area contributed by atoms with E-state index in [0.717, 1.165) is 17.5 Å². The summed E-state index contributed by atoms with van der Waals surface area (Å²) in [7, 11) is 0. The van der Waals surface area contributed by atoms with Gasteiger partial charge in [-0.05, 0) is 43.0 Å². The van der Waals surface area contributed by atoms with Gasteiger partial charge in [0.05, 0.1) is 17.4 Å². The molecule has 0 unspecified atom stereocenters. The summed E-state index contributed by atoms with van der Waals surface area (Å²) in [5.74, 6) is 0. The predicted molar refractivity (Wildman–Crippen MR) is 54.9 cm³/mol. The number of aryl methyl sites for hydroxylation is 2. The maximum atomic E-state index is 4.34. The van der Waals surface area contributed by atoms with Gasteiger partial charge in [-0.25, -0.2) is 4.98 Å². The summed E-state index contributed by atoms with van der Waals surface area (Å²) < 4.78 is 0. The second kappa shape index (κ2) is 2.87. The summed E-state index contributed by atoms with van der Waals surface area (Å²) in [4.78, 5) is 7.49. The fraction of sp³-hybridized carbons (Fsp3) is 0.364. The van der Waals surface area contributed by atoms with Gasteiger partial charge in [-0.15, -0.1) is 0 Å². The number of hydrogen-bond donors (Lipinski definition) is 1. The van der Waals surface area contributed by atoms with Crippen LogP contribution in [0.1, 0.15) is 23.6 Å². The third kappa shape index (κ3) is 1.13. The van der Waals surface area contributed by atoms with Crippen LogP contribution in [0.25, 0.3) is 11.0 Å². The van der Waals surface area contributed by atoms with E-state index in [2.05, 4.69) is 36.8 Å². The molecule has 0 atom stereocenters. The van der Waals surface area contributed by atoms with Gasteiger partial charge < -0.3 is 4.98 Å². The molecule has 0 saturated heterocycles. The van der Waals surface area contributed by atoms with Crippen LogP contribution in [0.2, 0.25) is 0 Å². The highest BCUT2D eigenvalue weighted by Crippen LogP contribution is 2.22. The van der Waals surface area contributed by atoms with Crippen molar-refractivity contribution < 1.29 is 0 Å². The Morgan fingerprint density at radius 3 is 2.85 bits per heavy atom. The van der Waals surface area contributed by atoms with E-state index in [0.29, 0.717) is 0 Å². The molecule has 0 bridgehead atoms. The Labute approximate surface area is 78.0 Å². The highest BCUT2D eigenvalue weighted by molar-refractivity contribution is 5.80. The molecule has 0 fully saturated rings. The minimum absolute atomic E-state index is 1.05. The minimum Gasteiger partial charge on any atom is -0.345 e. The molecule has 13 heavy (non-hydrogen) atoms. The van der Waals surface area contributed by atoms with E-state index < -0.39 is 0 Å². The van der Waals surface area contributed by atoms with Gasteiger partial charge in [-0.1, -0.05) is 6.92 Å². The quantitative estimate of drug-likeness (QED) is 0.707. The third-order valence-corrected chi connectivity index (χ3v) is 2.71. The summed E-state index contributed by atoms with van der Waals surface area (Å²) in [5, 5.41) is 0. The van der Waals surface area contributed by atoms with Crippen LogP contribution < -0.4 is 0 Å². The Hall–Kier alpha value is -1.31. The van der Waals surface area contributed by atoms with Crippen LogP contribution in [0.4, 0.5) is 0 Å². The molecule has 2 heteroatoms. The van der Waals surface area contributed by atoms with Crippen molar-refractivity contribution in [1.29, 1.82) is 0 Å². The number of fused-ring (bicyclic) bond motifs is 1. The second-order valence-corrected chi connectivity index (χ2v) is 3.45. The average Bonchev–Trinajstić information content (AvgIpc) is 2.54. The van der Waals surface area contributed by atoms with Crippen molar-refractivity contribution in [1.82, 2.24) is 9.97 Å². The van der Waals surface area contributed by atoms with E-state index in [-0.39, 0.29) is 0 Å². The van der Waals surface area contributed by atoms with E-state index in [1.165, 1.54) is 16.7 Å². The van der Waals surface area contributed by atoms with Gasteiger partial charge in [0, 0.05) is 0 Å². The summed E-state index contributed by atoms with van der Waals surface area (Å²) in [6.07, 6.45) is 2.82. The van der Waals surface area contributed by atoms with Gasteiger partial charge in [0.25, 0.3) is 0 Å². The van der Waals surface area contributed by atoms with Crippen LogP contribution in [0.3, 0.4) is 0 Å². The van der Waals surface area contributed by atoms with Crippen molar-refractivity contribution in [2.45, 2.75) is 27.2 Å². The molecule has 1 heterocycles. The fourth-order valence-electron chi connectivity index (χ4n) is 1.83. The molecule has 0 aliphatic rings. The predicted octanol–water partition coefficient (Wildman–Crippen LogP) is 2.74. The lowest BCUT2D eigenvalue weighted by atomic mass is 10.00. The number of nitrogens with one attached hydrogen (secondary N) is 1. The van der Waals surface area contributed by atoms with Gasteiger partial charge in [0.15, 0.2) is 0 Å². The molecule has 1 N–H and O–H groups in total. The van der Waals surface area contributed by atoms with E-state index >= 15 is 0 Å². The lowest BCUT2D eigenvalue weighted by Crippen LogP contribution is -1.92. The number of benzene rings is 1. The smallest absolute Gasteiger partial charge is 0.0931 e. The van der Waals surface area contributed by atoms with Crippen molar-refractivity contribution in [3.8, 4) is 0 Å². The number of hydrogen-bond acceptors (Lipinski definition) is 1. The first-order valence-corrected chi connectivity index (χ1v) is 4.66. The highest BCUT2D eigenvalue weighted by atomic mass is 14.9. The second-order valence-electron chi connectivity index (χ2n) is 3.45. The van der Waals surface area contributed by atoms with Crippen LogP contribution in [0, 0.1) is 13.8 Å². The van der Waals surface area contributed by atoms with E-state index in [9.17, 15) is 0 Å². The van der Waals surface area contributed by atoms with Gasteiger partial charge in [-0.3, -0.25) is 0 Å². The summed E-state index contributed by atoms with van der Waals surface area (Å²) in [6, 6.07) is 2.16. The molecule has 68 valence electrons. The Morgan fingerprint density at radius 2 is 2.15 bits per heavy atom. The van der Waals surface area contributed by atoms with Crippen LogP contribution in [0.15, 0.2) is 12.4 Å². The van der Waals surface area contributed by atoms with Crippen molar-refractivity contribution in [2.24, 2.45) is 0 Å². The van der Waals surface area contributed by atoms with Crippen molar-refractivity contribution in [3.63, 3.8) is 0 Å². The third-order valence-electron chi connectivity index (χ3n) is 2.71. The Balaban J connectivity index is 2.87. The fourth-order valence-corrected chi connectivity index (χ4v) is 1.83. The molecular weight excluding hydrogens is 160 g/mol. The van der Waals surface area contributed by atoms with Crippen molar-refractivity contribution >= 4 is 11.0 Å². The van der Waals surface area contributed by atoms with Gasteiger partial charge >= 0.3 is 0 Å². The number of nitrogens with zero attached hydrogens (tertiary/aromatic N) is 1. The van der Waals surface area contributed by atoms with Crippen molar-refractivity contribution in [2.75, 3.05) is 0 Å². The number of rotatable bonds is 1. The number of aromatic nitrogens is 2. The molecule has 2 aromatic rings. The molecule has 0 amide bonds. The van der Waals surface area contributed by atoms with E-state index in [1.54, 1.807) is 6.33 Å². The summed E-state index contributed by atoms with van der Waals surface area (Å²) in [6.45, 7) is 6.49. The molecule has 2 nitrogen and oxygen atoms in total. The average molecular weight is 174 g/mol. The van der Waals surface area contributed by atoms with Gasteiger partial charge in [0.2, 0.25) is 0 Å². The highest BCUT2D eigenvalue weighted by Gasteiger charge is 2.07.